The molecule has 232 valence electrons. The van der Waals surface area contributed by atoms with Crippen molar-refractivity contribution < 1.29 is 4.43 Å². The summed E-state index contributed by atoms with van der Waals surface area (Å²) >= 11 is 0. The Hall–Kier alpha value is -1.54. The minimum absolute atomic E-state index is 0.431. The third-order valence-electron chi connectivity index (χ3n) is 8.76. The third-order valence-corrected chi connectivity index (χ3v) is 12.2. The van der Waals surface area contributed by atoms with Crippen LogP contribution < -0.4 is 9.74 Å². The van der Waals surface area contributed by atoms with Gasteiger partial charge in [-0.3, -0.25) is 9.97 Å². The van der Waals surface area contributed by atoms with Crippen molar-refractivity contribution >= 4 is 24.6 Å². The maximum absolute atomic E-state index is 6.30. The van der Waals surface area contributed by atoms with E-state index < -0.39 is 19.3 Å². The molecule has 0 aliphatic rings. The van der Waals surface area contributed by atoms with E-state index in [0.717, 1.165) is 29.0 Å². The average Bonchev–Trinajstić information content (AvgIpc) is 2.97. The summed E-state index contributed by atoms with van der Waals surface area (Å²) in [6.07, 6.45) is 26.1. The molecule has 0 saturated heterocycles. The van der Waals surface area contributed by atoms with Gasteiger partial charge in [0, 0.05) is 17.7 Å². The molecule has 2 rings (SSSR count). The number of hydrogen-bond acceptors (Lipinski definition) is 4. The largest absolute Gasteiger partial charge is 0.536 e. The van der Waals surface area contributed by atoms with Crippen molar-refractivity contribution in [2.24, 2.45) is 17.3 Å². The standard InChI is InChI=1S/C35H63N3OSi2/c1-7-9-12-18-29(3)19-13-11-14-20-30(4)28-40-33-27-36-26-32(38-33)31-21-17-24-37-34(31)39-41-25-16-15-23-35(5,6)22-10-8-2/h17,21,24,26-27,29-30H,7-16,18-20,22-23,25,28,40-41H2,1-6H3. The van der Waals surface area contributed by atoms with Gasteiger partial charge < -0.3 is 4.43 Å². The number of pyridine rings is 1. The van der Waals surface area contributed by atoms with Crippen LogP contribution >= 0.6 is 0 Å². The molecular weight excluding hydrogens is 535 g/mol. The maximum Gasteiger partial charge on any atom is 0.221 e. The van der Waals surface area contributed by atoms with Crippen molar-refractivity contribution in [2.75, 3.05) is 0 Å². The lowest BCUT2D eigenvalue weighted by Crippen LogP contribution is -2.21. The molecule has 41 heavy (non-hydrogen) atoms. The highest BCUT2D eigenvalue weighted by Gasteiger charge is 2.16. The van der Waals surface area contributed by atoms with Crippen LogP contribution in [0.5, 0.6) is 5.88 Å². The van der Waals surface area contributed by atoms with Crippen LogP contribution in [0.15, 0.2) is 30.7 Å². The van der Waals surface area contributed by atoms with E-state index in [1.165, 1.54) is 114 Å². The molecule has 2 aromatic rings. The SMILES string of the molecule is CCCCCC(C)CCCCCC(C)C[SiH2]c1cncc(-c2cccnc2O[SiH2]CCCCC(C)(C)CCCC)n1. The first-order valence-corrected chi connectivity index (χ1v) is 20.5. The fourth-order valence-corrected chi connectivity index (χ4v) is 8.50. The lowest BCUT2D eigenvalue weighted by Gasteiger charge is -2.24. The summed E-state index contributed by atoms with van der Waals surface area (Å²) in [5.41, 5.74) is 2.40. The van der Waals surface area contributed by atoms with Gasteiger partial charge in [0.05, 0.1) is 27.0 Å². The molecule has 0 aliphatic heterocycles. The minimum atomic E-state index is -0.648. The van der Waals surface area contributed by atoms with Gasteiger partial charge in [-0.05, 0) is 48.3 Å². The molecule has 0 aromatic carbocycles. The monoisotopic (exact) mass is 597 g/mol. The van der Waals surface area contributed by atoms with Crippen molar-refractivity contribution in [3.8, 4) is 17.1 Å². The van der Waals surface area contributed by atoms with Gasteiger partial charge in [0.15, 0.2) is 0 Å². The van der Waals surface area contributed by atoms with E-state index in [0.29, 0.717) is 5.41 Å². The van der Waals surface area contributed by atoms with Crippen molar-refractivity contribution in [3.63, 3.8) is 0 Å². The first-order valence-electron chi connectivity index (χ1n) is 17.2. The van der Waals surface area contributed by atoms with E-state index in [1.54, 1.807) is 0 Å². The van der Waals surface area contributed by atoms with Gasteiger partial charge >= 0.3 is 0 Å². The van der Waals surface area contributed by atoms with Crippen LogP contribution in [-0.2, 0) is 0 Å². The van der Waals surface area contributed by atoms with E-state index in [2.05, 4.69) is 57.6 Å². The van der Waals surface area contributed by atoms with Crippen LogP contribution in [-0.4, -0.2) is 34.2 Å². The normalized spacial score (nSPS) is 13.9. The van der Waals surface area contributed by atoms with E-state index in [-0.39, 0.29) is 0 Å². The van der Waals surface area contributed by atoms with Crippen molar-refractivity contribution in [3.05, 3.63) is 30.7 Å². The third kappa shape index (κ3) is 16.0. The Bertz CT molecular complexity index is 939. The second-order valence-electron chi connectivity index (χ2n) is 13.6. The van der Waals surface area contributed by atoms with Gasteiger partial charge in [-0.25, -0.2) is 4.98 Å². The molecule has 6 heteroatoms. The quantitative estimate of drug-likeness (QED) is 0.0896. The summed E-state index contributed by atoms with van der Waals surface area (Å²) in [6.45, 7) is 14.3. The van der Waals surface area contributed by atoms with Gasteiger partial charge in [0.2, 0.25) is 15.6 Å². The zero-order chi connectivity index (χ0) is 29.8. The van der Waals surface area contributed by atoms with Crippen LogP contribution in [0.2, 0.25) is 12.1 Å². The second-order valence-corrected chi connectivity index (χ2v) is 16.8. The van der Waals surface area contributed by atoms with Crippen LogP contribution in [0.25, 0.3) is 11.3 Å². The fourth-order valence-electron chi connectivity index (χ4n) is 5.78. The molecular formula is C35H63N3OSi2. The molecule has 2 aromatic heterocycles. The number of nitrogens with zero attached hydrogens (tertiary/aromatic N) is 3. The van der Waals surface area contributed by atoms with Crippen LogP contribution in [0.3, 0.4) is 0 Å². The predicted molar refractivity (Wildman–Crippen MR) is 185 cm³/mol. The Morgan fingerprint density at radius 2 is 1.54 bits per heavy atom. The van der Waals surface area contributed by atoms with Crippen molar-refractivity contribution in [1.29, 1.82) is 0 Å². The number of hydrogen-bond donors (Lipinski definition) is 0. The fraction of sp³-hybridized carbons (Fsp3) is 0.743. The molecule has 0 saturated carbocycles. The van der Waals surface area contributed by atoms with Gasteiger partial charge in [-0.15, -0.1) is 0 Å². The van der Waals surface area contributed by atoms with Crippen molar-refractivity contribution in [2.45, 2.75) is 150 Å². The zero-order valence-corrected chi connectivity index (χ0v) is 30.6. The first kappa shape index (κ1) is 35.7. The molecule has 0 spiro atoms. The number of aromatic nitrogens is 3. The zero-order valence-electron chi connectivity index (χ0n) is 27.7. The van der Waals surface area contributed by atoms with Crippen LogP contribution in [0.4, 0.5) is 0 Å². The Kier molecular flexibility index (Phi) is 18.4. The molecule has 0 radical (unpaired) electrons. The van der Waals surface area contributed by atoms with E-state index >= 15 is 0 Å². The summed E-state index contributed by atoms with van der Waals surface area (Å²) in [4.78, 5) is 14.2. The number of rotatable bonds is 24. The molecule has 2 unspecified atom stereocenters. The topological polar surface area (TPSA) is 47.9 Å². The van der Waals surface area contributed by atoms with Crippen LogP contribution in [0.1, 0.15) is 138 Å². The predicted octanol–water partition coefficient (Wildman–Crippen LogP) is 8.82. The summed E-state index contributed by atoms with van der Waals surface area (Å²) < 4.78 is 6.30. The Balaban J connectivity index is 1.72. The lowest BCUT2D eigenvalue weighted by molar-refractivity contribution is 0.288. The Morgan fingerprint density at radius 1 is 0.829 bits per heavy atom. The molecule has 0 amide bonds. The van der Waals surface area contributed by atoms with Crippen molar-refractivity contribution in [1.82, 2.24) is 15.0 Å². The van der Waals surface area contributed by atoms with Gasteiger partial charge in [0.1, 0.15) is 0 Å². The molecule has 2 heterocycles. The van der Waals surface area contributed by atoms with E-state index in [9.17, 15) is 0 Å². The highest BCUT2D eigenvalue weighted by Crippen LogP contribution is 2.30. The highest BCUT2D eigenvalue weighted by molar-refractivity contribution is 6.52. The lowest BCUT2D eigenvalue weighted by atomic mass is 9.82. The van der Waals surface area contributed by atoms with Gasteiger partial charge in [0.25, 0.3) is 0 Å². The van der Waals surface area contributed by atoms with E-state index in [4.69, 9.17) is 9.41 Å². The molecule has 4 nitrogen and oxygen atoms in total. The molecule has 0 aliphatic carbocycles. The summed E-state index contributed by atoms with van der Waals surface area (Å²) in [6, 6.07) is 6.59. The Morgan fingerprint density at radius 3 is 2.29 bits per heavy atom. The van der Waals surface area contributed by atoms with Gasteiger partial charge in [-0.1, -0.05) is 131 Å². The number of unbranched alkanes of at least 4 members (excludes halogenated alkanes) is 6. The molecule has 0 bridgehead atoms. The van der Waals surface area contributed by atoms with E-state index in [1.807, 2.05) is 24.7 Å². The first-order chi connectivity index (χ1) is 19.8. The summed E-state index contributed by atoms with van der Waals surface area (Å²) in [5.74, 6) is 2.45. The molecule has 0 N–H and O–H groups in total. The summed E-state index contributed by atoms with van der Waals surface area (Å²) in [7, 11) is -1.08. The average molecular weight is 598 g/mol. The second kappa shape index (κ2) is 21.2. The summed E-state index contributed by atoms with van der Waals surface area (Å²) in [5, 5.41) is 1.22. The van der Waals surface area contributed by atoms with Gasteiger partial charge in [-0.2, -0.15) is 0 Å². The smallest absolute Gasteiger partial charge is 0.221 e. The molecule has 0 fully saturated rings. The maximum atomic E-state index is 6.30. The highest BCUT2D eigenvalue weighted by atomic mass is 28.2. The Labute approximate surface area is 258 Å². The van der Waals surface area contributed by atoms with Crippen LogP contribution in [0, 0.1) is 17.3 Å². The molecule has 2 atom stereocenters. The minimum Gasteiger partial charge on any atom is -0.536 e.